The fraction of sp³-hybridized carbons (Fsp3) is 0.333. The third kappa shape index (κ3) is 2.92. The van der Waals surface area contributed by atoms with Crippen LogP contribution in [0.3, 0.4) is 0 Å². The number of terminal acetylenes is 1. The molecule has 72 valence electrons. The van der Waals surface area contributed by atoms with E-state index in [2.05, 4.69) is 16.2 Å². The van der Waals surface area contributed by atoms with Gasteiger partial charge in [0.15, 0.2) is 10.3 Å². The van der Waals surface area contributed by atoms with Crippen LogP contribution in [0.2, 0.25) is 5.15 Å². The van der Waals surface area contributed by atoms with Gasteiger partial charge in [0.05, 0.1) is 0 Å². The molecule has 0 aliphatic rings. The maximum absolute atomic E-state index is 8.62. The molecule has 3 nitrogen and oxygen atoms in total. The van der Waals surface area contributed by atoms with Crippen molar-refractivity contribution in [2.24, 2.45) is 0 Å². The third-order valence-electron chi connectivity index (χ3n) is 1.46. The van der Waals surface area contributed by atoms with Gasteiger partial charge < -0.3 is 5.32 Å². The number of nitriles is 1. The maximum Gasteiger partial charge on any atom is 0.185 e. The van der Waals surface area contributed by atoms with Crippen LogP contribution in [0, 0.1) is 23.7 Å². The van der Waals surface area contributed by atoms with Crippen LogP contribution in [0.5, 0.6) is 0 Å². The highest BCUT2D eigenvalue weighted by Gasteiger charge is 2.07. The molecule has 14 heavy (non-hydrogen) atoms. The van der Waals surface area contributed by atoms with Gasteiger partial charge in [-0.2, -0.15) is 5.26 Å². The topological polar surface area (TPSA) is 48.7 Å². The van der Waals surface area contributed by atoms with E-state index in [1.165, 1.54) is 11.3 Å². The first-order valence-electron chi connectivity index (χ1n) is 4.01. The number of anilines is 1. The summed E-state index contributed by atoms with van der Waals surface area (Å²) in [5.74, 6) is 2.55. The van der Waals surface area contributed by atoms with Crippen molar-refractivity contribution in [1.29, 1.82) is 5.26 Å². The number of unbranched alkanes of at least 4 members (excludes halogenated alkanes) is 1. The standard InChI is InChI=1S/C9H8ClN3S/c1-2-3-4-5-12-9-13-8(10)7(6-11)14-9/h1H,3-5H2,(H,12,13). The van der Waals surface area contributed by atoms with Crippen molar-refractivity contribution >= 4 is 28.1 Å². The molecule has 0 radical (unpaired) electrons. The van der Waals surface area contributed by atoms with Crippen LogP contribution < -0.4 is 5.32 Å². The molecule has 0 aliphatic carbocycles. The van der Waals surface area contributed by atoms with E-state index in [0.29, 0.717) is 10.0 Å². The average molecular weight is 226 g/mol. The number of halogens is 1. The number of nitrogens with one attached hydrogen (secondary N) is 1. The van der Waals surface area contributed by atoms with E-state index in [1.54, 1.807) is 0 Å². The van der Waals surface area contributed by atoms with Crippen LogP contribution in [0.25, 0.3) is 0 Å². The van der Waals surface area contributed by atoms with E-state index in [4.69, 9.17) is 23.3 Å². The smallest absolute Gasteiger partial charge is 0.185 e. The third-order valence-corrected chi connectivity index (χ3v) is 2.76. The van der Waals surface area contributed by atoms with Crippen LogP contribution >= 0.6 is 22.9 Å². The Labute approximate surface area is 91.7 Å². The van der Waals surface area contributed by atoms with Crippen LogP contribution in [-0.4, -0.2) is 11.5 Å². The minimum Gasteiger partial charge on any atom is -0.361 e. The Morgan fingerprint density at radius 1 is 1.64 bits per heavy atom. The summed E-state index contributed by atoms with van der Waals surface area (Å²) < 4.78 is 0. The molecular formula is C9H8ClN3S. The van der Waals surface area contributed by atoms with Crippen LogP contribution in [0.1, 0.15) is 17.7 Å². The minimum atomic E-state index is 0.261. The van der Waals surface area contributed by atoms with Gasteiger partial charge >= 0.3 is 0 Å². The molecule has 1 N–H and O–H groups in total. The van der Waals surface area contributed by atoms with Crippen LogP contribution in [-0.2, 0) is 0 Å². The van der Waals surface area contributed by atoms with Gasteiger partial charge in [0, 0.05) is 13.0 Å². The Balaban J connectivity index is 2.45. The summed E-state index contributed by atoms with van der Waals surface area (Å²) in [6.45, 7) is 0.749. The summed E-state index contributed by atoms with van der Waals surface area (Å²) in [7, 11) is 0. The largest absolute Gasteiger partial charge is 0.361 e. The molecule has 0 atom stereocenters. The van der Waals surface area contributed by atoms with Crippen molar-refractivity contribution < 1.29 is 0 Å². The molecular weight excluding hydrogens is 218 g/mol. The predicted molar refractivity (Wildman–Crippen MR) is 58.4 cm³/mol. The number of hydrogen-bond donors (Lipinski definition) is 1. The summed E-state index contributed by atoms with van der Waals surface area (Å²) >= 11 is 6.94. The average Bonchev–Trinajstić information content (AvgIpc) is 2.54. The van der Waals surface area contributed by atoms with Gasteiger partial charge in [0.1, 0.15) is 10.9 Å². The first kappa shape index (κ1) is 10.8. The molecule has 0 aliphatic heterocycles. The van der Waals surface area contributed by atoms with E-state index in [-0.39, 0.29) is 5.15 Å². The quantitative estimate of drug-likeness (QED) is 0.633. The molecule has 0 saturated heterocycles. The molecule has 0 amide bonds. The number of thiazole rings is 1. The van der Waals surface area contributed by atoms with Gasteiger partial charge in [-0.15, -0.1) is 12.3 Å². The summed E-state index contributed by atoms with van der Waals surface area (Å²) in [4.78, 5) is 4.41. The van der Waals surface area contributed by atoms with Gasteiger partial charge in [-0.1, -0.05) is 22.9 Å². The molecule has 1 aromatic rings. The summed E-state index contributed by atoms with van der Waals surface area (Å²) in [6, 6.07) is 1.97. The monoisotopic (exact) mass is 225 g/mol. The molecule has 1 rings (SSSR count). The zero-order valence-corrected chi connectivity index (χ0v) is 8.95. The van der Waals surface area contributed by atoms with Gasteiger partial charge in [-0.25, -0.2) is 4.98 Å². The summed E-state index contributed by atoms with van der Waals surface area (Å²) in [6.07, 6.45) is 6.72. The van der Waals surface area contributed by atoms with Crippen molar-refractivity contribution in [3.05, 3.63) is 10.0 Å². The molecule has 0 saturated carbocycles. The number of nitrogens with zero attached hydrogens (tertiary/aromatic N) is 2. The van der Waals surface area contributed by atoms with Gasteiger partial charge in [-0.3, -0.25) is 0 Å². The Morgan fingerprint density at radius 2 is 2.43 bits per heavy atom. The molecule has 1 heterocycles. The zero-order chi connectivity index (χ0) is 10.4. The van der Waals surface area contributed by atoms with E-state index < -0.39 is 0 Å². The summed E-state index contributed by atoms with van der Waals surface area (Å²) in [5, 5.41) is 12.6. The van der Waals surface area contributed by atoms with E-state index in [0.717, 1.165) is 19.4 Å². The van der Waals surface area contributed by atoms with E-state index in [1.807, 2.05) is 6.07 Å². The molecule has 0 fully saturated rings. The molecule has 5 heteroatoms. The van der Waals surface area contributed by atoms with Gasteiger partial charge in [0.2, 0.25) is 0 Å². The lowest BCUT2D eigenvalue weighted by atomic mass is 10.3. The minimum absolute atomic E-state index is 0.261. The first-order chi connectivity index (χ1) is 6.77. The van der Waals surface area contributed by atoms with Gasteiger partial charge in [-0.05, 0) is 6.42 Å². The van der Waals surface area contributed by atoms with E-state index >= 15 is 0 Å². The predicted octanol–water partition coefficient (Wildman–Crippen LogP) is 2.49. The molecule has 1 aromatic heterocycles. The fourth-order valence-corrected chi connectivity index (χ4v) is 1.80. The fourth-order valence-electron chi connectivity index (χ4n) is 0.832. The Bertz CT molecular complexity index is 386. The number of hydrogen-bond acceptors (Lipinski definition) is 4. The molecule has 0 bridgehead atoms. The zero-order valence-electron chi connectivity index (χ0n) is 7.38. The molecule has 0 spiro atoms. The highest BCUT2D eigenvalue weighted by molar-refractivity contribution is 7.16. The van der Waals surface area contributed by atoms with Crippen molar-refractivity contribution in [1.82, 2.24) is 4.98 Å². The van der Waals surface area contributed by atoms with Crippen molar-refractivity contribution in [3.8, 4) is 18.4 Å². The number of aromatic nitrogens is 1. The van der Waals surface area contributed by atoms with Crippen LogP contribution in [0.15, 0.2) is 0 Å². The van der Waals surface area contributed by atoms with Gasteiger partial charge in [0.25, 0.3) is 0 Å². The second-order valence-corrected chi connectivity index (χ2v) is 3.84. The lowest BCUT2D eigenvalue weighted by molar-refractivity contribution is 0.905. The first-order valence-corrected chi connectivity index (χ1v) is 5.21. The number of rotatable bonds is 4. The Morgan fingerprint density at radius 3 is 3.00 bits per heavy atom. The maximum atomic E-state index is 8.62. The SMILES string of the molecule is C#CCCCNc1nc(Cl)c(C#N)s1. The van der Waals surface area contributed by atoms with Crippen molar-refractivity contribution in [2.75, 3.05) is 11.9 Å². The normalized spacial score (nSPS) is 9.07. The second kappa shape index (κ2) is 5.49. The molecule has 0 unspecified atom stereocenters. The van der Waals surface area contributed by atoms with E-state index in [9.17, 15) is 0 Å². The lowest BCUT2D eigenvalue weighted by Gasteiger charge is -1.97. The highest BCUT2D eigenvalue weighted by atomic mass is 35.5. The summed E-state index contributed by atoms with van der Waals surface area (Å²) in [5.41, 5.74) is 0. The van der Waals surface area contributed by atoms with Crippen molar-refractivity contribution in [3.63, 3.8) is 0 Å². The highest BCUT2D eigenvalue weighted by Crippen LogP contribution is 2.25. The Hall–Kier alpha value is -1.23. The lowest BCUT2D eigenvalue weighted by Crippen LogP contribution is -1.99. The molecule has 0 aromatic carbocycles. The van der Waals surface area contributed by atoms with Crippen LogP contribution in [0.4, 0.5) is 5.13 Å². The Kier molecular flexibility index (Phi) is 4.25. The van der Waals surface area contributed by atoms with Crippen molar-refractivity contribution in [2.45, 2.75) is 12.8 Å². The second-order valence-electron chi connectivity index (χ2n) is 2.49.